The minimum absolute atomic E-state index is 0.206. The standard InChI is InChI=1S/C77H144N2O21/c1-4-6-8-10-12-14-16-18-20-22-24-26-28-30-32-34-36-38-40-42-44-46-48-50-59(84)58(79-64(87)51-49-47-45-43-41-39-37-35-33-31-29-27-25-23-21-19-17-15-13-11-9-7-5-2)56-95-74-69(91)68(90)71(63(55-82)97-74)98-75-70(92)73(67(89)62(54-81)96-75)100-77(76(93)94)52-60(85)65(78-57(3)83)72(99-77)66(88)61(86)53-80/h48,50,58-63,65-75,80-82,84-86,88-92H,4-47,49,51-56H2,1-3H3,(H,78,83)(H,79,87)(H,93,94)/b50-48+. The largest absolute Gasteiger partial charge is 0.477 e. The number of allylic oxidation sites excluding steroid dienone is 1. The molecule has 3 aliphatic rings. The van der Waals surface area contributed by atoms with Crippen molar-refractivity contribution in [2.24, 2.45) is 0 Å². The monoisotopic (exact) mass is 1430 g/mol. The Bertz CT molecular complexity index is 2050. The molecule has 0 aromatic heterocycles. The molecule has 0 aliphatic carbocycles. The molecule has 0 saturated carbocycles. The second-order valence-electron chi connectivity index (χ2n) is 29.3. The van der Waals surface area contributed by atoms with Gasteiger partial charge in [0.25, 0.3) is 5.79 Å². The molecule has 18 atom stereocenters. The summed E-state index contributed by atoms with van der Waals surface area (Å²) in [5.41, 5.74) is 0. The number of carboxylic acid groups (broad SMARTS) is 1. The van der Waals surface area contributed by atoms with Crippen LogP contribution in [-0.2, 0) is 42.8 Å². The van der Waals surface area contributed by atoms with E-state index in [0.717, 1.165) is 51.9 Å². The molecule has 0 radical (unpaired) electrons. The Morgan fingerprint density at radius 2 is 0.930 bits per heavy atom. The van der Waals surface area contributed by atoms with Gasteiger partial charge in [0.1, 0.15) is 67.1 Å². The van der Waals surface area contributed by atoms with Crippen LogP contribution in [0.1, 0.15) is 323 Å². The Kier molecular flexibility index (Phi) is 52.0. The summed E-state index contributed by atoms with van der Waals surface area (Å²) in [6, 6.07) is -2.62. The number of hydrogen-bond acceptors (Lipinski definition) is 20. The lowest BCUT2D eigenvalue weighted by atomic mass is 9.88. The first kappa shape index (κ1) is 91.7. The first-order valence-electron chi connectivity index (χ1n) is 40.1. The van der Waals surface area contributed by atoms with Crippen molar-refractivity contribution >= 4 is 17.8 Å². The molecule has 3 aliphatic heterocycles. The molecule has 2 amide bonds. The van der Waals surface area contributed by atoms with Gasteiger partial charge in [-0.05, 0) is 19.3 Å². The lowest BCUT2D eigenvalue weighted by Gasteiger charge is -2.50. The SMILES string of the molecule is CCCCCCCCCCCCCCCCCCCCCCC/C=C/C(O)C(COC1OC(CO)C(OC2OC(CO)C(O)C(OC3(C(=O)O)CC(O)C(NC(C)=O)C(C(O)C(O)CO)O3)C2O)C(O)C1O)NC(=O)CCCCCCCCCCCCCCCCCCCCCCCCC. The lowest BCUT2D eigenvalue weighted by molar-refractivity contribution is -0.386. The summed E-state index contributed by atoms with van der Waals surface area (Å²) in [6.07, 6.45) is 31.0. The molecule has 588 valence electrons. The Morgan fingerprint density at radius 1 is 0.520 bits per heavy atom. The number of ether oxygens (including phenoxy) is 6. The van der Waals surface area contributed by atoms with E-state index >= 15 is 0 Å². The van der Waals surface area contributed by atoms with Gasteiger partial charge in [-0.25, -0.2) is 4.79 Å². The second-order valence-corrected chi connectivity index (χ2v) is 29.3. The van der Waals surface area contributed by atoms with Crippen LogP contribution >= 0.6 is 0 Å². The average molecular weight is 1430 g/mol. The van der Waals surface area contributed by atoms with Gasteiger partial charge in [0.15, 0.2) is 12.6 Å². The number of carbonyl (C=O) groups excluding carboxylic acids is 2. The fourth-order valence-corrected chi connectivity index (χ4v) is 14.1. The Morgan fingerprint density at radius 3 is 1.33 bits per heavy atom. The number of carboxylic acids is 1. The molecule has 18 unspecified atom stereocenters. The minimum Gasteiger partial charge on any atom is -0.477 e. The number of aliphatic hydroxyl groups excluding tert-OH is 11. The van der Waals surface area contributed by atoms with Crippen molar-refractivity contribution < 1.29 is 104 Å². The van der Waals surface area contributed by atoms with Crippen LogP contribution in [0.2, 0.25) is 0 Å². The third-order valence-electron chi connectivity index (χ3n) is 20.5. The van der Waals surface area contributed by atoms with E-state index in [1.165, 1.54) is 231 Å². The van der Waals surface area contributed by atoms with Crippen LogP contribution in [0.5, 0.6) is 0 Å². The zero-order chi connectivity index (χ0) is 73.2. The number of aliphatic carboxylic acids is 1. The van der Waals surface area contributed by atoms with Crippen molar-refractivity contribution in [2.75, 3.05) is 26.4 Å². The van der Waals surface area contributed by atoms with E-state index in [1.54, 1.807) is 6.08 Å². The molecule has 100 heavy (non-hydrogen) atoms. The second kappa shape index (κ2) is 56.8. The maximum atomic E-state index is 13.5. The number of nitrogens with one attached hydrogen (secondary N) is 2. The molecule has 3 fully saturated rings. The maximum Gasteiger partial charge on any atom is 0.364 e. The number of hydrogen-bond donors (Lipinski definition) is 14. The van der Waals surface area contributed by atoms with Crippen molar-refractivity contribution in [1.82, 2.24) is 10.6 Å². The Balaban J connectivity index is 1.53. The molecule has 3 heterocycles. The zero-order valence-electron chi connectivity index (χ0n) is 62.1. The lowest BCUT2D eigenvalue weighted by Crippen LogP contribution is -2.70. The van der Waals surface area contributed by atoms with Crippen molar-refractivity contribution in [1.29, 1.82) is 0 Å². The number of unbranched alkanes of at least 4 members (excludes halogenated alkanes) is 43. The van der Waals surface area contributed by atoms with Gasteiger partial charge in [-0.1, -0.05) is 296 Å². The van der Waals surface area contributed by atoms with E-state index in [1.807, 2.05) is 6.08 Å². The summed E-state index contributed by atoms with van der Waals surface area (Å²) in [7, 11) is 0. The first-order chi connectivity index (χ1) is 48.4. The molecule has 0 bridgehead atoms. The summed E-state index contributed by atoms with van der Waals surface area (Å²) < 4.78 is 34.9. The highest BCUT2D eigenvalue weighted by molar-refractivity contribution is 5.77. The van der Waals surface area contributed by atoms with Crippen molar-refractivity contribution in [3.05, 3.63) is 12.2 Å². The average Bonchev–Trinajstić information content (AvgIpc) is 0.755. The van der Waals surface area contributed by atoms with Crippen molar-refractivity contribution in [3.63, 3.8) is 0 Å². The number of amides is 2. The van der Waals surface area contributed by atoms with Gasteiger partial charge >= 0.3 is 5.97 Å². The third-order valence-corrected chi connectivity index (χ3v) is 20.5. The van der Waals surface area contributed by atoms with E-state index in [0.29, 0.717) is 12.8 Å². The highest BCUT2D eigenvalue weighted by Gasteiger charge is 2.60. The quantitative estimate of drug-likeness (QED) is 0.0199. The molecule has 0 aromatic carbocycles. The van der Waals surface area contributed by atoms with Crippen molar-refractivity contribution in [2.45, 2.75) is 432 Å². The summed E-state index contributed by atoms with van der Waals surface area (Å²) in [6.45, 7) is 2.20. The van der Waals surface area contributed by atoms with Gasteiger partial charge < -0.3 is 100 Å². The molecular weight excluding hydrogens is 1290 g/mol. The zero-order valence-corrected chi connectivity index (χ0v) is 62.1. The molecule has 23 heteroatoms. The highest BCUT2D eigenvalue weighted by atomic mass is 16.8. The van der Waals surface area contributed by atoms with Crippen LogP contribution in [-0.4, -0.2) is 215 Å². The van der Waals surface area contributed by atoms with E-state index in [2.05, 4.69) is 24.5 Å². The maximum absolute atomic E-state index is 13.5. The van der Waals surface area contributed by atoms with Crippen LogP contribution in [0.15, 0.2) is 12.2 Å². The van der Waals surface area contributed by atoms with E-state index in [9.17, 15) is 75.7 Å². The van der Waals surface area contributed by atoms with Crippen LogP contribution in [0, 0.1) is 0 Å². The molecular formula is C77H144N2O21. The Hall–Kier alpha value is -2.53. The van der Waals surface area contributed by atoms with E-state index in [4.69, 9.17) is 28.4 Å². The predicted molar refractivity (Wildman–Crippen MR) is 385 cm³/mol. The number of aliphatic hydroxyl groups is 11. The van der Waals surface area contributed by atoms with Gasteiger partial charge in [-0.2, -0.15) is 0 Å². The highest BCUT2D eigenvalue weighted by Crippen LogP contribution is 2.39. The van der Waals surface area contributed by atoms with E-state index in [-0.39, 0.29) is 12.3 Å². The molecule has 3 rings (SSSR count). The van der Waals surface area contributed by atoms with Gasteiger partial charge in [-0.3, -0.25) is 9.59 Å². The molecule has 14 N–H and O–H groups in total. The number of rotatable bonds is 63. The summed E-state index contributed by atoms with van der Waals surface area (Å²) in [5, 5.41) is 136. The molecule has 3 saturated heterocycles. The molecule has 0 aromatic rings. The summed E-state index contributed by atoms with van der Waals surface area (Å²) >= 11 is 0. The van der Waals surface area contributed by atoms with Gasteiger partial charge in [0.2, 0.25) is 11.8 Å². The topological polar surface area (TPSA) is 373 Å². The smallest absolute Gasteiger partial charge is 0.364 e. The van der Waals surface area contributed by atoms with Crippen LogP contribution < -0.4 is 10.6 Å². The summed E-state index contributed by atoms with van der Waals surface area (Å²) in [4.78, 5) is 38.7. The summed E-state index contributed by atoms with van der Waals surface area (Å²) in [5.74, 6) is -6.13. The minimum atomic E-state index is -3.08. The van der Waals surface area contributed by atoms with Gasteiger partial charge in [0, 0.05) is 19.8 Å². The fourth-order valence-electron chi connectivity index (χ4n) is 14.1. The van der Waals surface area contributed by atoms with Crippen LogP contribution in [0.4, 0.5) is 0 Å². The van der Waals surface area contributed by atoms with Gasteiger partial charge in [0.05, 0.1) is 50.7 Å². The van der Waals surface area contributed by atoms with Gasteiger partial charge in [-0.15, -0.1) is 0 Å². The fraction of sp³-hybridized carbons (Fsp3) is 0.935. The molecule has 0 spiro atoms. The first-order valence-corrected chi connectivity index (χ1v) is 40.1. The van der Waals surface area contributed by atoms with Crippen LogP contribution in [0.3, 0.4) is 0 Å². The third kappa shape index (κ3) is 37.1. The normalized spacial score (nSPS) is 27.0. The van der Waals surface area contributed by atoms with Crippen LogP contribution in [0.25, 0.3) is 0 Å². The predicted octanol–water partition coefficient (Wildman–Crippen LogP) is 10.2. The Labute approximate surface area is 601 Å². The molecule has 23 nitrogen and oxygen atoms in total. The van der Waals surface area contributed by atoms with E-state index < -0.39 is 155 Å². The van der Waals surface area contributed by atoms with Crippen molar-refractivity contribution in [3.8, 4) is 0 Å². The number of carbonyl (C=O) groups is 3.